The molecule has 0 unspecified atom stereocenters. The van der Waals surface area contributed by atoms with Crippen LogP contribution in [0.5, 0.6) is 0 Å². The largest absolute Gasteiger partial charge is 0.330 e. The van der Waals surface area contributed by atoms with Crippen molar-refractivity contribution in [3.05, 3.63) is 0 Å². The van der Waals surface area contributed by atoms with E-state index in [0.717, 1.165) is 19.4 Å². The van der Waals surface area contributed by atoms with E-state index in [2.05, 4.69) is 0 Å². The quantitative estimate of drug-likeness (QED) is 0.586. The second-order valence-corrected chi connectivity index (χ2v) is 3.60. The fraction of sp³-hybridized carbons (Fsp3) is 0.778. The van der Waals surface area contributed by atoms with Gasteiger partial charge in [0.25, 0.3) is 0 Å². The van der Waals surface area contributed by atoms with E-state index in [1.54, 1.807) is 11.8 Å². The molecule has 0 aromatic heterocycles. The number of hydrogen-bond acceptors (Lipinski definition) is 2. The molecule has 0 N–H and O–H groups in total. The lowest BCUT2D eigenvalue weighted by Crippen LogP contribution is -2.48. The van der Waals surface area contributed by atoms with Crippen LogP contribution in [0.3, 0.4) is 0 Å². The van der Waals surface area contributed by atoms with Crippen LogP contribution in [-0.4, -0.2) is 28.7 Å². The predicted molar refractivity (Wildman–Crippen MR) is 45.7 cm³/mol. The minimum atomic E-state index is -0.522. The number of ketones is 1. The number of Topliss-reactive ketones (excluding diaryl/α,β-unsaturated/α-hetero) is 1. The third-order valence-electron chi connectivity index (χ3n) is 2.78. The van der Waals surface area contributed by atoms with Crippen LogP contribution in [0.2, 0.25) is 0 Å². The zero-order valence-electron chi connectivity index (χ0n) is 7.89. The number of hydrogen-bond donors (Lipinski definition) is 0. The van der Waals surface area contributed by atoms with Crippen molar-refractivity contribution < 1.29 is 9.59 Å². The molecular weight excluding hydrogens is 154 g/mol. The van der Waals surface area contributed by atoms with Gasteiger partial charge < -0.3 is 4.90 Å². The number of carbonyl (C=O) groups excluding carboxylic acids is 2. The van der Waals surface area contributed by atoms with Gasteiger partial charge in [-0.05, 0) is 26.7 Å². The zero-order valence-corrected chi connectivity index (χ0v) is 7.89. The van der Waals surface area contributed by atoms with Crippen LogP contribution in [-0.2, 0) is 9.59 Å². The third kappa shape index (κ3) is 1.24. The molecule has 1 atom stereocenters. The molecule has 1 aliphatic rings. The molecule has 3 heteroatoms. The Labute approximate surface area is 72.7 Å². The smallest absolute Gasteiger partial charge is 0.220 e. The van der Waals surface area contributed by atoms with E-state index in [0.29, 0.717) is 0 Å². The van der Waals surface area contributed by atoms with Gasteiger partial charge in [0.2, 0.25) is 5.91 Å². The van der Waals surface area contributed by atoms with Crippen LogP contribution in [0.4, 0.5) is 0 Å². The number of nitrogens with zero attached hydrogens (tertiary/aromatic N) is 1. The van der Waals surface area contributed by atoms with Crippen molar-refractivity contribution in [1.29, 1.82) is 0 Å². The molecule has 0 spiro atoms. The van der Waals surface area contributed by atoms with E-state index in [9.17, 15) is 9.59 Å². The Morgan fingerprint density at radius 2 is 1.92 bits per heavy atom. The summed E-state index contributed by atoms with van der Waals surface area (Å²) in [5.74, 6) is 0.0976. The van der Waals surface area contributed by atoms with Crippen molar-refractivity contribution in [2.24, 2.45) is 0 Å². The van der Waals surface area contributed by atoms with Gasteiger partial charge in [-0.15, -0.1) is 0 Å². The fourth-order valence-electron chi connectivity index (χ4n) is 1.83. The molecule has 3 nitrogen and oxygen atoms in total. The Bertz CT molecular complexity index is 225. The minimum absolute atomic E-state index is 0.00481. The maximum absolute atomic E-state index is 11.3. The molecule has 1 aliphatic heterocycles. The Kier molecular flexibility index (Phi) is 2.22. The van der Waals surface area contributed by atoms with Gasteiger partial charge in [-0.25, -0.2) is 0 Å². The van der Waals surface area contributed by atoms with E-state index in [1.807, 2.05) is 6.92 Å². The molecule has 0 aromatic rings. The summed E-state index contributed by atoms with van der Waals surface area (Å²) in [6.07, 6.45) is 1.75. The Morgan fingerprint density at radius 1 is 1.33 bits per heavy atom. The summed E-state index contributed by atoms with van der Waals surface area (Å²) in [6, 6.07) is 0. The molecule has 0 saturated carbocycles. The lowest BCUT2D eigenvalue weighted by Gasteiger charge is -2.31. The summed E-state index contributed by atoms with van der Waals surface area (Å²) < 4.78 is 0. The van der Waals surface area contributed by atoms with Crippen molar-refractivity contribution in [2.75, 3.05) is 6.54 Å². The van der Waals surface area contributed by atoms with Crippen LogP contribution in [0.25, 0.3) is 0 Å². The first-order valence-corrected chi connectivity index (χ1v) is 4.28. The SMILES string of the molecule is CC(=O)N1CCC[C@]1(C)C(C)=O. The first-order chi connectivity index (χ1) is 5.48. The van der Waals surface area contributed by atoms with E-state index in [4.69, 9.17) is 0 Å². The summed E-state index contributed by atoms with van der Waals surface area (Å²) in [6.45, 7) is 5.66. The molecule has 1 rings (SSSR count). The van der Waals surface area contributed by atoms with Crippen molar-refractivity contribution in [2.45, 2.75) is 39.2 Å². The van der Waals surface area contributed by atoms with Gasteiger partial charge in [-0.1, -0.05) is 0 Å². The maximum Gasteiger partial charge on any atom is 0.220 e. The van der Waals surface area contributed by atoms with Crippen LogP contribution >= 0.6 is 0 Å². The van der Waals surface area contributed by atoms with Gasteiger partial charge in [-0.2, -0.15) is 0 Å². The Balaban J connectivity index is 2.89. The lowest BCUT2D eigenvalue weighted by molar-refractivity contribution is -0.140. The van der Waals surface area contributed by atoms with Crippen molar-refractivity contribution >= 4 is 11.7 Å². The summed E-state index contributed by atoms with van der Waals surface area (Å²) >= 11 is 0. The minimum Gasteiger partial charge on any atom is -0.330 e. The van der Waals surface area contributed by atoms with Gasteiger partial charge in [0.15, 0.2) is 5.78 Å². The summed E-state index contributed by atoms with van der Waals surface area (Å²) in [7, 11) is 0. The summed E-state index contributed by atoms with van der Waals surface area (Å²) in [5.41, 5.74) is -0.522. The zero-order chi connectivity index (χ0) is 9.35. The van der Waals surface area contributed by atoms with Gasteiger partial charge in [0.05, 0.1) is 5.54 Å². The third-order valence-corrected chi connectivity index (χ3v) is 2.78. The molecule has 0 aromatic carbocycles. The highest BCUT2D eigenvalue weighted by molar-refractivity contribution is 5.90. The number of likely N-dealkylation sites (tertiary alicyclic amines) is 1. The van der Waals surface area contributed by atoms with Gasteiger partial charge in [0.1, 0.15) is 0 Å². The number of carbonyl (C=O) groups is 2. The highest BCUT2D eigenvalue weighted by atomic mass is 16.2. The van der Waals surface area contributed by atoms with E-state index in [1.165, 1.54) is 6.92 Å². The standard InChI is InChI=1S/C9H15NO2/c1-7(11)9(3)5-4-6-10(9)8(2)12/h4-6H2,1-3H3/t9-/m1/s1. The molecule has 0 bridgehead atoms. The first kappa shape index (κ1) is 9.23. The number of amides is 1. The summed E-state index contributed by atoms with van der Waals surface area (Å²) in [4.78, 5) is 24.1. The molecule has 68 valence electrons. The lowest BCUT2D eigenvalue weighted by atomic mass is 9.94. The Hall–Kier alpha value is -0.860. The molecule has 1 heterocycles. The summed E-state index contributed by atoms with van der Waals surface area (Å²) in [5, 5.41) is 0. The van der Waals surface area contributed by atoms with Crippen LogP contribution in [0, 0.1) is 0 Å². The Morgan fingerprint density at radius 3 is 2.25 bits per heavy atom. The first-order valence-electron chi connectivity index (χ1n) is 4.28. The van der Waals surface area contributed by atoms with E-state index >= 15 is 0 Å². The topological polar surface area (TPSA) is 37.4 Å². The molecule has 1 amide bonds. The second kappa shape index (κ2) is 2.88. The monoisotopic (exact) mass is 169 g/mol. The number of rotatable bonds is 1. The predicted octanol–water partition coefficient (Wildman–Crippen LogP) is 0.976. The van der Waals surface area contributed by atoms with Gasteiger partial charge >= 0.3 is 0 Å². The highest BCUT2D eigenvalue weighted by Crippen LogP contribution is 2.29. The average Bonchev–Trinajstić information content (AvgIpc) is 2.32. The molecular formula is C9H15NO2. The van der Waals surface area contributed by atoms with Crippen LogP contribution < -0.4 is 0 Å². The normalized spacial score (nSPS) is 29.1. The van der Waals surface area contributed by atoms with Gasteiger partial charge in [-0.3, -0.25) is 9.59 Å². The van der Waals surface area contributed by atoms with Crippen molar-refractivity contribution in [3.8, 4) is 0 Å². The molecule has 1 saturated heterocycles. The van der Waals surface area contributed by atoms with E-state index < -0.39 is 5.54 Å². The maximum atomic E-state index is 11.3. The van der Waals surface area contributed by atoms with Crippen molar-refractivity contribution in [3.63, 3.8) is 0 Å². The molecule has 0 radical (unpaired) electrons. The van der Waals surface area contributed by atoms with Crippen molar-refractivity contribution in [1.82, 2.24) is 4.90 Å². The van der Waals surface area contributed by atoms with Crippen LogP contribution in [0.1, 0.15) is 33.6 Å². The average molecular weight is 169 g/mol. The highest BCUT2D eigenvalue weighted by Gasteiger charge is 2.41. The molecule has 1 fully saturated rings. The second-order valence-electron chi connectivity index (χ2n) is 3.60. The van der Waals surface area contributed by atoms with E-state index in [-0.39, 0.29) is 11.7 Å². The molecule has 0 aliphatic carbocycles. The molecule has 12 heavy (non-hydrogen) atoms. The van der Waals surface area contributed by atoms with Crippen LogP contribution in [0.15, 0.2) is 0 Å². The van der Waals surface area contributed by atoms with Gasteiger partial charge in [0, 0.05) is 13.5 Å². The fourth-order valence-corrected chi connectivity index (χ4v) is 1.83.